The molecule has 1 unspecified atom stereocenters. The molecule has 0 aliphatic heterocycles. The summed E-state index contributed by atoms with van der Waals surface area (Å²) in [5.74, 6) is -0.0731. The molecule has 1 N–H and O–H groups in total. The fourth-order valence-corrected chi connectivity index (χ4v) is 1.43. The predicted octanol–water partition coefficient (Wildman–Crippen LogP) is 2.09. The summed E-state index contributed by atoms with van der Waals surface area (Å²) in [7, 11) is 1.60. The maximum absolute atomic E-state index is 10.6. The van der Waals surface area contributed by atoms with E-state index in [1.165, 1.54) is 0 Å². The zero-order valence-corrected chi connectivity index (χ0v) is 9.32. The normalized spacial score (nSPS) is 12.1. The summed E-state index contributed by atoms with van der Waals surface area (Å²) in [6.07, 6.45) is 0.472. The summed E-state index contributed by atoms with van der Waals surface area (Å²) < 4.78 is 4.99. The van der Waals surface area contributed by atoms with Crippen molar-refractivity contribution in [3.05, 3.63) is 29.8 Å². The molecule has 0 heterocycles. The molecule has 1 aromatic carbocycles. The second kappa shape index (κ2) is 5.00. The molecule has 1 rings (SSSR count). The molecule has 0 aliphatic carbocycles. The van der Waals surface area contributed by atoms with Crippen LogP contribution < -0.4 is 4.74 Å². The molecule has 0 fully saturated rings. The summed E-state index contributed by atoms with van der Waals surface area (Å²) in [5.41, 5.74) is 0.968. The van der Waals surface area contributed by atoms with Gasteiger partial charge in [-0.3, -0.25) is 4.79 Å². The number of hydrogen-bond donors (Lipinski definition) is 1. The van der Waals surface area contributed by atoms with Gasteiger partial charge in [-0.25, -0.2) is 0 Å². The quantitative estimate of drug-likeness (QED) is 0.842. The van der Waals surface area contributed by atoms with Crippen molar-refractivity contribution < 1.29 is 14.6 Å². The first-order chi connectivity index (χ1) is 6.63. The van der Waals surface area contributed by atoms with E-state index in [1.54, 1.807) is 7.11 Å². The monoisotopic (exact) mass is 258 g/mol. The number of ether oxygens (including phenoxy) is 1. The van der Waals surface area contributed by atoms with Gasteiger partial charge in [0.2, 0.25) is 0 Å². The van der Waals surface area contributed by atoms with Crippen LogP contribution in [0.5, 0.6) is 5.75 Å². The third kappa shape index (κ3) is 3.03. The van der Waals surface area contributed by atoms with Gasteiger partial charge in [0.25, 0.3) is 0 Å². The topological polar surface area (TPSA) is 46.5 Å². The maximum atomic E-state index is 10.6. The number of carboxylic acids is 1. The van der Waals surface area contributed by atoms with Crippen molar-refractivity contribution >= 4 is 21.9 Å². The van der Waals surface area contributed by atoms with Crippen molar-refractivity contribution in [2.75, 3.05) is 7.11 Å². The Bertz CT molecular complexity index is 308. The maximum Gasteiger partial charge on any atom is 0.317 e. The van der Waals surface area contributed by atoms with Gasteiger partial charge in [0.1, 0.15) is 10.6 Å². The number of halogens is 1. The first kappa shape index (κ1) is 11.0. The second-order valence-corrected chi connectivity index (χ2v) is 3.96. The Balaban J connectivity index is 2.64. The third-order valence-corrected chi connectivity index (χ3v) is 2.56. The van der Waals surface area contributed by atoms with Gasteiger partial charge in [-0.15, -0.1) is 0 Å². The first-order valence-corrected chi connectivity index (χ1v) is 5.05. The van der Waals surface area contributed by atoms with Gasteiger partial charge in [-0.05, 0) is 24.1 Å². The van der Waals surface area contributed by atoms with Crippen molar-refractivity contribution in [1.82, 2.24) is 0 Å². The highest BCUT2D eigenvalue weighted by Crippen LogP contribution is 2.15. The summed E-state index contributed by atoms with van der Waals surface area (Å²) in [6, 6.07) is 7.35. The van der Waals surface area contributed by atoms with Crippen LogP contribution in [0.15, 0.2) is 24.3 Å². The molecule has 0 aromatic heterocycles. The number of carboxylic acid groups (broad SMARTS) is 1. The molecule has 0 radical (unpaired) electrons. The minimum absolute atomic E-state index is 0.472. The summed E-state index contributed by atoms with van der Waals surface area (Å²) >= 11 is 3.08. The lowest BCUT2D eigenvalue weighted by atomic mass is 10.1. The Morgan fingerprint density at radius 3 is 2.50 bits per heavy atom. The molecule has 14 heavy (non-hydrogen) atoms. The summed E-state index contributed by atoms with van der Waals surface area (Å²) in [6.45, 7) is 0. The molecule has 0 amide bonds. The number of alkyl halides is 1. The lowest BCUT2D eigenvalue weighted by Crippen LogP contribution is -2.15. The van der Waals surface area contributed by atoms with Crippen LogP contribution >= 0.6 is 15.9 Å². The Labute approximate surface area is 90.8 Å². The van der Waals surface area contributed by atoms with Crippen LogP contribution in [0.2, 0.25) is 0 Å². The van der Waals surface area contributed by atoms with Crippen LogP contribution in [0.1, 0.15) is 5.56 Å². The molecule has 1 atom stereocenters. The Hall–Kier alpha value is -1.03. The highest BCUT2D eigenvalue weighted by Gasteiger charge is 2.13. The van der Waals surface area contributed by atoms with Gasteiger partial charge >= 0.3 is 5.97 Å². The molecule has 0 saturated carbocycles. The van der Waals surface area contributed by atoms with Crippen molar-refractivity contribution in [2.45, 2.75) is 11.2 Å². The highest BCUT2D eigenvalue weighted by atomic mass is 79.9. The SMILES string of the molecule is COc1ccc(CC(Br)C(=O)O)cc1. The number of aliphatic carboxylic acids is 1. The first-order valence-electron chi connectivity index (χ1n) is 4.13. The van der Waals surface area contributed by atoms with Crippen molar-refractivity contribution in [2.24, 2.45) is 0 Å². The standard InChI is InChI=1S/C10H11BrO3/c1-14-8-4-2-7(3-5-8)6-9(11)10(12)13/h2-5,9H,6H2,1H3,(H,12,13). The molecule has 0 spiro atoms. The smallest absolute Gasteiger partial charge is 0.317 e. The van der Waals surface area contributed by atoms with E-state index in [4.69, 9.17) is 9.84 Å². The molecule has 1 aromatic rings. The zero-order valence-electron chi connectivity index (χ0n) is 7.74. The van der Waals surface area contributed by atoms with Crippen LogP contribution in [0.4, 0.5) is 0 Å². The minimum Gasteiger partial charge on any atom is -0.497 e. The van der Waals surface area contributed by atoms with Gasteiger partial charge in [0.05, 0.1) is 7.11 Å². The Kier molecular flexibility index (Phi) is 3.95. The van der Waals surface area contributed by atoms with E-state index in [9.17, 15) is 4.79 Å². The van der Waals surface area contributed by atoms with Crippen molar-refractivity contribution in [3.8, 4) is 5.75 Å². The van der Waals surface area contributed by atoms with E-state index >= 15 is 0 Å². The van der Waals surface area contributed by atoms with Gasteiger partial charge in [-0.2, -0.15) is 0 Å². The van der Waals surface area contributed by atoms with Crippen LogP contribution in [0, 0.1) is 0 Å². The van der Waals surface area contributed by atoms with Crippen molar-refractivity contribution in [1.29, 1.82) is 0 Å². The van der Waals surface area contributed by atoms with Crippen LogP contribution in [0.25, 0.3) is 0 Å². The molecule has 3 nitrogen and oxygen atoms in total. The molecular formula is C10H11BrO3. The molecule has 76 valence electrons. The highest BCUT2D eigenvalue weighted by molar-refractivity contribution is 9.10. The summed E-state index contributed by atoms with van der Waals surface area (Å²) in [5, 5.41) is 8.67. The number of rotatable bonds is 4. The van der Waals surface area contributed by atoms with Crippen LogP contribution in [-0.4, -0.2) is 23.0 Å². The second-order valence-electron chi connectivity index (χ2n) is 2.86. The van der Waals surface area contributed by atoms with Gasteiger partial charge in [-0.1, -0.05) is 28.1 Å². The number of hydrogen-bond acceptors (Lipinski definition) is 2. The average Bonchev–Trinajstić information content (AvgIpc) is 2.19. The fourth-order valence-electron chi connectivity index (χ4n) is 1.06. The van der Waals surface area contributed by atoms with E-state index in [2.05, 4.69) is 15.9 Å². The van der Waals surface area contributed by atoms with Gasteiger partial charge in [0, 0.05) is 0 Å². The van der Waals surface area contributed by atoms with E-state index in [1.807, 2.05) is 24.3 Å². The van der Waals surface area contributed by atoms with Crippen molar-refractivity contribution in [3.63, 3.8) is 0 Å². The zero-order chi connectivity index (χ0) is 10.6. The van der Waals surface area contributed by atoms with Gasteiger partial charge < -0.3 is 9.84 Å². The molecule has 0 saturated heterocycles. The number of carbonyl (C=O) groups is 1. The van der Waals surface area contributed by atoms with Crippen LogP contribution in [0.3, 0.4) is 0 Å². The molecule has 0 aliphatic rings. The molecular weight excluding hydrogens is 248 g/mol. The van der Waals surface area contributed by atoms with Crippen LogP contribution in [-0.2, 0) is 11.2 Å². The predicted molar refractivity (Wildman–Crippen MR) is 57.0 cm³/mol. The number of methoxy groups -OCH3 is 1. The minimum atomic E-state index is -0.846. The third-order valence-electron chi connectivity index (χ3n) is 1.84. The largest absolute Gasteiger partial charge is 0.497 e. The van der Waals surface area contributed by atoms with E-state index in [-0.39, 0.29) is 0 Å². The van der Waals surface area contributed by atoms with E-state index in [0.717, 1.165) is 11.3 Å². The Morgan fingerprint density at radius 2 is 2.07 bits per heavy atom. The van der Waals surface area contributed by atoms with E-state index in [0.29, 0.717) is 6.42 Å². The lowest BCUT2D eigenvalue weighted by molar-refractivity contribution is -0.136. The summed E-state index contributed by atoms with van der Waals surface area (Å²) in [4.78, 5) is 10.0. The Morgan fingerprint density at radius 1 is 1.50 bits per heavy atom. The van der Waals surface area contributed by atoms with E-state index < -0.39 is 10.8 Å². The molecule has 4 heteroatoms. The number of benzene rings is 1. The molecule has 0 bridgehead atoms. The fraction of sp³-hybridized carbons (Fsp3) is 0.300. The van der Waals surface area contributed by atoms with Gasteiger partial charge in [0.15, 0.2) is 0 Å². The lowest BCUT2D eigenvalue weighted by Gasteiger charge is -2.05. The average molecular weight is 259 g/mol.